The van der Waals surface area contributed by atoms with Crippen molar-refractivity contribution in [2.45, 2.75) is 0 Å². The topological polar surface area (TPSA) is 61.2 Å². The predicted molar refractivity (Wildman–Crippen MR) is 48.1 cm³/mol. The maximum absolute atomic E-state index is 10.2. The first kappa shape index (κ1) is 9.12. The molecule has 68 valence electrons. The van der Waals surface area contributed by atoms with Gasteiger partial charge >= 0.3 is 6.03 Å². The zero-order valence-corrected chi connectivity index (χ0v) is 6.96. The molecule has 4 heteroatoms. The minimum Gasteiger partial charge on any atom is -0.473 e. The number of nitrogens with two attached hydrogens (primary N) is 1. The van der Waals surface area contributed by atoms with Gasteiger partial charge in [-0.15, -0.1) is 0 Å². The third-order valence-electron chi connectivity index (χ3n) is 1.28. The van der Waals surface area contributed by atoms with Crippen LogP contribution in [0.25, 0.3) is 0 Å². The second-order valence-corrected chi connectivity index (χ2v) is 2.22. The minimum atomic E-state index is -0.449. The first-order chi connectivity index (χ1) is 6.30. The van der Waals surface area contributed by atoms with Gasteiger partial charge in [0.15, 0.2) is 0 Å². The number of hydrogen-bond donors (Lipinski definition) is 1. The Balaban J connectivity index is 0.000000145. The van der Waals surface area contributed by atoms with E-state index in [0.717, 1.165) is 0 Å². The molecule has 2 rings (SSSR count). The number of aromatic nitrogens is 1. The van der Waals surface area contributed by atoms with Gasteiger partial charge in [-0.2, -0.15) is 0 Å². The maximum atomic E-state index is 10.2. The Hall–Kier alpha value is -1.97. The van der Waals surface area contributed by atoms with Crippen LogP contribution in [0.3, 0.4) is 0 Å². The van der Waals surface area contributed by atoms with Crippen LogP contribution in [-0.2, 0) is 0 Å². The molecule has 2 N–H and O–H groups in total. The smallest absolute Gasteiger partial charge is 0.322 e. The lowest BCUT2D eigenvalue weighted by atomic mass is 10.7. The molecule has 0 atom stereocenters. The number of rotatable bonds is 0. The fourth-order valence-corrected chi connectivity index (χ4v) is 0.708. The first-order valence-corrected chi connectivity index (χ1v) is 3.70. The van der Waals surface area contributed by atoms with Crippen molar-refractivity contribution in [3.63, 3.8) is 0 Å². The number of carbonyl (C=O) groups is 1. The molecule has 13 heavy (non-hydrogen) atoms. The van der Waals surface area contributed by atoms with Gasteiger partial charge in [-0.05, 0) is 24.3 Å². The summed E-state index contributed by atoms with van der Waals surface area (Å²) >= 11 is 0. The molecule has 0 aromatic carbocycles. The second-order valence-electron chi connectivity index (χ2n) is 2.22. The summed E-state index contributed by atoms with van der Waals surface area (Å²) in [6, 6.07) is 6.70. The van der Waals surface area contributed by atoms with E-state index in [-0.39, 0.29) is 0 Å². The molecule has 0 aliphatic carbocycles. The summed E-state index contributed by atoms with van der Waals surface area (Å²) in [5.74, 6) is 0. The van der Waals surface area contributed by atoms with Gasteiger partial charge < -0.3 is 10.2 Å². The molecule has 0 unspecified atom stereocenters. The van der Waals surface area contributed by atoms with Gasteiger partial charge in [0.05, 0.1) is 12.5 Å². The Bertz CT molecular complexity index is 307. The van der Waals surface area contributed by atoms with Gasteiger partial charge in [0, 0.05) is 12.4 Å². The van der Waals surface area contributed by atoms with E-state index in [1.54, 1.807) is 37.1 Å². The zero-order chi connectivity index (χ0) is 9.52. The second kappa shape index (κ2) is 4.82. The van der Waals surface area contributed by atoms with Gasteiger partial charge in [-0.3, -0.25) is 4.57 Å². The minimum absolute atomic E-state index is 0.449. The lowest BCUT2D eigenvalue weighted by Crippen LogP contribution is -2.16. The molecule has 0 saturated carbocycles. The van der Waals surface area contributed by atoms with E-state index in [1.165, 1.54) is 4.57 Å². The molecule has 0 aliphatic rings. The zero-order valence-electron chi connectivity index (χ0n) is 6.96. The lowest BCUT2D eigenvalue weighted by Gasteiger charge is -1.88. The molecule has 2 aromatic heterocycles. The average Bonchev–Trinajstić information content (AvgIpc) is 2.82. The van der Waals surface area contributed by atoms with Crippen molar-refractivity contribution < 1.29 is 9.21 Å². The molecule has 4 nitrogen and oxygen atoms in total. The summed E-state index contributed by atoms with van der Waals surface area (Å²) < 4.78 is 5.89. The Morgan fingerprint density at radius 2 is 1.62 bits per heavy atom. The third kappa shape index (κ3) is 3.29. The number of hydrogen-bond acceptors (Lipinski definition) is 2. The van der Waals surface area contributed by atoms with Gasteiger partial charge in [0.1, 0.15) is 0 Å². The largest absolute Gasteiger partial charge is 0.473 e. The highest BCUT2D eigenvalue weighted by Crippen LogP contribution is 1.85. The molecule has 2 heterocycles. The van der Waals surface area contributed by atoms with Crippen LogP contribution in [0.2, 0.25) is 0 Å². The molecular weight excluding hydrogens is 168 g/mol. The van der Waals surface area contributed by atoms with E-state index < -0.39 is 6.03 Å². The number of nitrogens with zero attached hydrogens (tertiary/aromatic N) is 1. The molecule has 0 spiro atoms. The monoisotopic (exact) mass is 178 g/mol. The standard InChI is InChI=1S/C5H6N2O.C4H4O/c6-5(8)7-3-1-2-4-7;1-2-4-5-3-1/h1-4H,(H2,6,8);1-4H. The van der Waals surface area contributed by atoms with Gasteiger partial charge in [0.25, 0.3) is 0 Å². The van der Waals surface area contributed by atoms with Crippen molar-refractivity contribution in [3.8, 4) is 0 Å². The van der Waals surface area contributed by atoms with Crippen LogP contribution >= 0.6 is 0 Å². The molecule has 0 aliphatic heterocycles. The van der Waals surface area contributed by atoms with Gasteiger partial charge in [-0.1, -0.05) is 0 Å². The molecule has 0 saturated heterocycles. The summed E-state index contributed by atoms with van der Waals surface area (Å²) in [4.78, 5) is 10.2. The van der Waals surface area contributed by atoms with Crippen LogP contribution in [0.4, 0.5) is 4.79 Å². The molecular formula is C9H10N2O2. The average molecular weight is 178 g/mol. The summed E-state index contributed by atoms with van der Waals surface area (Å²) in [7, 11) is 0. The highest BCUT2D eigenvalue weighted by Gasteiger charge is 1.89. The van der Waals surface area contributed by atoms with Crippen molar-refractivity contribution in [2.24, 2.45) is 5.73 Å². The first-order valence-electron chi connectivity index (χ1n) is 3.70. The number of carbonyl (C=O) groups excluding carboxylic acids is 1. The maximum Gasteiger partial charge on any atom is 0.322 e. The fraction of sp³-hybridized carbons (Fsp3) is 0. The van der Waals surface area contributed by atoms with Crippen LogP contribution in [0.5, 0.6) is 0 Å². The normalized spacial score (nSPS) is 8.62. The highest BCUT2D eigenvalue weighted by atomic mass is 16.3. The summed E-state index contributed by atoms with van der Waals surface area (Å²) in [5, 5.41) is 0. The van der Waals surface area contributed by atoms with Gasteiger partial charge in [0.2, 0.25) is 0 Å². The van der Waals surface area contributed by atoms with Crippen LogP contribution < -0.4 is 5.73 Å². The molecule has 1 amide bonds. The van der Waals surface area contributed by atoms with Crippen molar-refractivity contribution >= 4 is 6.03 Å². The Morgan fingerprint density at radius 1 is 1.08 bits per heavy atom. The summed E-state index contributed by atoms with van der Waals surface area (Å²) in [6.07, 6.45) is 6.45. The van der Waals surface area contributed by atoms with Crippen LogP contribution in [0.1, 0.15) is 0 Å². The number of furan rings is 1. The third-order valence-corrected chi connectivity index (χ3v) is 1.28. The van der Waals surface area contributed by atoms with Crippen LogP contribution in [0, 0.1) is 0 Å². The van der Waals surface area contributed by atoms with Crippen LogP contribution in [-0.4, -0.2) is 10.6 Å². The molecule has 0 bridgehead atoms. The van der Waals surface area contributed by atoms with Gasteiger partial charge in [-0.25, -0.2) is 4.79 Å². The Labute approximate surface area is 75.6 Å². The number of amides is 1. The summed E-state index contributed by atoms with van der Waals surface area (Å²) in [6.45, 7) is 0. The molecule has 0 radical (unpaired) electrons. The van der Waals surface area contributed by atoms with Crippen molar-refractivity contribution in [2.75, 3.05) is 0 Å². The highest BCUT2D eigenvalue weighted by molar-refractivity contribution is 5.74. The van der Waals surface area contributed by atoms with E-state index in [9.17, 15) is 4.79 Å². The van der Waals surface area contributed by atoms with E-state index in [2.05, 4.69) is 4.42 Å². The fourth-order valence-electron chi connectivity index (χ4n) is 0.708. The lowest BCUT2D eigenvalue weighted by molar-refractivity contribution is 0.250. The van der Waals surface area contributed by atoms with Crippen molar-refractivity contribution in [1.82, 2.24) is 4.57 Å². The van der Waals surface area contributed by atoms with E-state index in [1.807, 2.05) is 12.1 Å². The molecule has 2 aromatic rings. The Morgan fingerprint density at radius 3 is 1.85 bits per heavy atom. The Kier molecular flexibility index (Phi) is 3.38. The van der Waals surface area contributed by atoms with Crippen molar-refractivity contribution in [1.29, 1.82) is 0 Å². The number of primary amides is 1. The van der Waals surface area contributed by atoms with E-state index >= 15 is 0 Å². The van der Waals surface area contributed by atoms with Crippen LogP contribution in [0.15, 0.2) is 53.6 Å². The van der Waals surface area contributed by atoms with Crippen molar-refractivity contribution in [3.05, 3.63) is 49.2 Å². The van der Waals surface area contributed by atoms with E-state index in [0.29, 0.717) is 0 Å². The predicted octanol–water partition coefficient (Wildman–Crippen LogP) is 1.69. The summed E-state index contributed by atoms with van der Waals surface area (Å²) in [5.41, 5.74) is 4.88. The van der Waals surface area contributed by atoms with E-state index in [4.69, 9.17) is 5.73 Å². The molecule has 0 fully saturated rings. The quantitative estimate of drug-likeness (QED) is 0.667. The SMILES string of the molecule is NC(=O)n1cccc1.c1ccoc1.